The standard InChI is InChI=1S/C19H28N2O2/c22-17-9-4-8-16(12-17)13-20-19(23)18-10-5-11-21(18)14-15-6-2-1-3-7-15/h1-3,6-7,16-18,22H,4-5,8-14H2,(H,20,23)/t16-,17+,18-/m1/s1. The Kier molecular flexibility index (Phi) is 5.68. The van der Waals surface area contributed by atoms with E-state index in [2.05, 4.69) is 34.5 Å². The molecule has 1 saturated heterocycles. The zero-order valence-corrected chi connectivity index (χ0v) is 13.8. The van der Waals surface area contributed by atoms with Crippen LogP contribution >= 0.6 is 0 Å². The zero-order valence-electron chi connectivity index (χ0n) is 13.8. The van der Waals surface area contributed by atoms with E-state index in [0.717, 1.165) is 51.6 Å². The van der Waals surface area contributed by atoms with Crippen LogP contribution in [0.5, 0.6) is 0 Å². The summed E-state index contributed by atoms with van der Waals surface area (Å²) in [6.07, 6.45) is 5.81. The summed E-state index contributed by atoms with van der Waals surface area (Å²) >= 11 is 0. The van der Waals surface area contributed by atoms with Gasteiger partial charge in [0.1, 0.15) is 0 Å². The van der Waals surface area contributed by atoms with Crippen LogP contribution in [0.3, 0.4) is 0 Å². The SMILES string of the molecule is O=C(NC[C@@H]1CCC[C@H](O)C1)[C@H]1CCCN1Cc1ccccc1. The Bertz CT molecular complexity index is 505. The predicted molar refractivity (Wildman–Crippen MR) is 90.8 cm³/mol. The monoisotopic (exact) mass is 316 g/mol. The van der Waals surface area contributed by atoms with Crippen LogP contribution in [0.1, 0.15) is 44.1 Å². The lowest BCUT2D eigenvalue weighted by Crippen LogP contribution is -2.44. The summed E-state index contributed by atoms with van der Waals surface area (Å²) in [7, 11) is 0. The van der Waals surface area contributed by atoms with Gasteiger partial charge in [0.2, 0.25) is 5.91 Å². The van der Waals surface area contributed by atoms with Crippen molar-refractivity contribution in [3.05, 3.63) is 35.9 Å². The van der Waals surface area contributed by atoms with Crippen LogP contribution in [-0.4, -0.2) is 41.1 Å². The fraction of sp³-hybridized carbons (Fsp3) is 0.632. The van der Waals surface area contributed by atoms with Crippen LogP contribution in [-0.2, 0) is 11.3 Å². The van der Waals surface area contributed by atoms with Crippen molar-refractivity contribution in [3.63, 3.8) is 0 Å². The molecule has 4 nitrogen and oxygen atoms in total. The average Bonchev–Trinajstić information content (AvgIpc) is 3.02. The second-order valence-corrected chi connectivity index (χ2v) is 7.05. The summed E-state index contributed by atoms with van der Waals surface area (Å²) in [5.41, 5.74) is 1.27. The minimum atomic E-state index is -0.174. The lowest BCUT2D eigenvalue weighted by Gasteiger charge is -2.28. The van der Waals surface area contributed by atoms with E-state index < -0.39 is 0 Å². The van der Waals surface area contributed by atoms with Crippen molar-refractivity contribution in [2.75, 3.05) is 13.1 Å². The van der Waals surface area contributed by atoms with Gasteiger partial charge in [-0.2, -0.15) is 0 Å². The number of hydrogen-bond donors (Lipinski definition) is 2. The van der Waals surface area contributed by atoms with Gasteiger partial charge in [0, 0.05) is 13.1 Å². The lowest BCUT2D eigenvalue weighted by molar-refractivity contribution is -0.126. The molecule has 1 amide bonds. The van der Waals surface area contributed by atoms with Crippen LogP contribution in [0.4, 0.5) is 0 Å². The molecule has 2 N–H and O–H groups in total. The highest BCUT2D eigenvalue weighted by Crippen LogP contribution is 2.24. The maximum atomic E-state index is 12.6. The highest BCUT2D eigenvalue weighted by molar-refractivity contribution is 5.82. The molecule has 1 aliphatic heterocycles. The molecule has 0 unspecified atom stereocenters. The van der Waals surface area contributed by atoms with Crippen LogP contribution < -0.4 is 5.32 Å². The number of carbonyl (C=O) groups is 1. The van der Waals surface area contributed by atoms with E-state index in [0.29, 0.717) is 12.5 Å². The Morgan fingerprint density at radius 1 is 1.17 bits per heavy atom. The van der Waals surface area contributed by atoms with Crippen LogP contribution in [0.25, 0.3) is 0 Å². The maximum Gasteiger partial charge on any atom is 0.237 e. The molecule has 1 aliphatic carbocycles. The molecule has 4 heteroatoms. The molecule has 3 atom stereocenters. The Balaban J connectivity index is 1.49. The fourth-order valence-corrected chi connectivity index (χ4v) is 3.94. The summed E-state index contributed by atoms with van der Waals surface area (Å²) in [6, 6.07) is 10.4. The minimum absolute atomic E-state index is 0.00344. The smallest absolute Gasteiger partial charge is 0.237 e. The van der Waals surface area contributed by atoms with E-state index in [9.17, 15) is 9.90 Å². The molecule has 1 heterocycles. The number of aliphatic hydroxyl groups excluding tert-OH is 1. The maximum absolute atomic E-state index is 12.6. The van der Waals surface area contributed by atoms with Crippen molar-refractivity contribution in [1.29, 1.82) is 0 Å². The first-order chi connectivity index (χ1) is 11.2. The molecule has 1 aromatic rings. The quantitative estimate of drug-likeness (QED) is 0.876. The Morgan fingerprint density at radius 3 is 2.78 bits per heavy atom. The van der Waals surface area contributed by atoms with Crippen molar-refractivity contribution < 1.29 is 9.90 Å². The Hall–Kier alpha value is -1.39. The van der Waals surface area contributed by atoms with Gasteiger partial charge >= 0.3 is 0 Å². The fourth-order valence-electron chi connectivity index (χ4n) is 3.94. The van der Waals surface area contributed by atoms with Crippen molar-refractivity contribution in [3.8, 4) is 0 Å². The third-order valence-electron chi connectivity index (χ3n) is 5.21. The van der Waals surface area contributed by atoms with Gasteiger partial charge in [0.25, 0.3) is 0 Å². The highest BCUT2D eigenvalue weighted by atomic mass is 16.3. The largest absolute Gasteiger partial charge is 0.393 e. The molecule has 1 saturated carbocycles. The van der Waals surface area contributed by atoms with E-state index in [1.807, 2.05) is 6.07 Å². The van der Waals surface area contributed by atoms with Crippen molar-refractivity contribution >= 4 is 5.91 Å². The van der Waals surface area contributed by atoms with Crippen molar-refractivity contribution in [2.24, 2.45) is 5.92 Å². The molecular formula is C19H28N2O2. The number of nitrogens with zero attached hydrogens (tertiary/aromatic N) is 1. The number of nitrogens with one attached hydrogen (secondary N) is 1. The number of rotatable bonds is 5. The van der Waals surface area contributed by atoms with Gasteiger partial charge in [-0.3, -0.25) is 9.69 Å². The number of aliphatic hydroxyl groups is 1. The van der Waals surface area contributed by atoms with Crippen molar-refractivity contribution in [1.82, 2.24) is 10.2 Å². The molecule has 2 fully saturated rings. The van der Waals surface area contributed by atoms with E-state index in [1.165, 1.54) is 5.56 Å². The summed E-state index contributed by atoms with van der Waals surface area (Å²) in [6.45, 7) is 2.56. The molecule has 126 valence electrons. The van der Waals surface area contributed by atoms with Crippen LogP contribution in [0.2, 0.25) is 0 Å². The molecule has 1 aromatic carbocycles. The van der Waals surface area contributed by atoms with Gasteiger partial charge in [-0.15, -0.1) is 0 Å². The number of amides is 1. The molecule has 2 aliphatic rings. The molecule has 0 bridgehead atoms. The predicted octanol–water partition coefficient (Wildman–Crippen LogP) is 2.32. The molecular weight excluding hydrogens is 288 g/mol. The Labute approximate surface area is 138 Å². The highest BCUT2D eigenvalue weighted by Gasteiger charge is 2.31. The second kappa shape index (κ2) is 7.93. The van der Waals surface area contributed by atoms with Gasteiger partial charge in [-0.25, -0.2) is 0 Å². The van der Waals surface area contributed by atoms with E-state index in [-0.39, 0.29) is 18.1 Å². The Morgan fingerprint density at radius 2 is 2.00 bits per heavy atom. The molecule has 0 radical (unpaired) electrons. The van der Waals surface area contributed by atoms with Gasteiger partial charge in [0.05, 0.1) is 12.1 Å². The summed E-state index contributed by atoms with van der Waals surface area (Å²) in [5.74, 6) is 0.602. The summed E-state index contributed by atoms with van der Waals surface area (Å²) < 4.78 is 0. The normalized spacial score (nSPS) is 28.7. The molecule has 0 spiro atoms. The van der Waals surface area contributed by atoms with Crippen LogP contribution in [0, 0.1) is 5.92 Å². The summed E-state index contributed by atoms with van der Waals surface area (Å²) in [5, 5.41) is 12.9. The number of benzene rings is 1. The summed E-state index contributed by atoms with van der Waals surface area (Å²) in [4.78, 5) is 14.8. The minimum Gasteiger partial charge on any atom is -0.393 e. The first-order valence-electron chi connectivity index (χ1n) is 8.96. The number of carbonyl (C=O) groups excluding carboxylic acids is 1. The third kappa shape index (κ3) is 4.55. The third-order valence-corrected chi connectivity index (χ3v) is 5.21. The average molecular weight is 316 g/mol. The van der Waals surface area contributed by atoms with E-state index in [4.69, 9.17) is 0 Å². The van der Waals surface area contributed by atoms with Crippen molar-refractivity contribution in [2.45, 2.75) is 57.2 Å². The zero-order chi connectivity index (χ0) is 16.1. The number of hydrogen-bond acceptors (Lipinski definition) is 3. The molecule has 0 aromatic heterocycles. The van der Waals surface area contributed by atoms with Gasteiger partial charge in [-0.05, 0) is 50.1 Å². The first-order valence-corrected chi connectivity index (χ1v) is 8.96. The second-order valence-electron chi connectivity index (χ2n) is 7.05. The van der Waals surface area contributed by atoms with Gasteiger partial charge in [-0.1, -0.05) is 36.8 Å². The topological polar surface area (TPSA) is 52.6 Å². The van der Waals surface area contributed by atoms with Gasteiger partial charge < -0.3 is 10.4 Å². The lowest BCUT2D eigenvalue weighted by atomic mass is 9.87. The molecule has 23 heavy (non-hydrogen) atoms. The number of likely N-dealkylation sites (tertiary alicyclic amines) is 1. The van der Waals surface area contributed by atoms with Gasteiger partial charge in [0.15, 0.2) is 0 Å². The first kappa shape index (κ1) is 16.5. The van der Waals surface area contributed by atoms with E-state index >= 15 is 0 Å². The molecule has 3 rings (SSSR count). The van der Waals surface area contributed by atoms with Crippen LogP contribution in [0.15, 0.2) is 30.3 Å². The van der Waals surface area contributed by atoms with E-state index in [1.54, 1.807) is 0 Å².